The zero-order valence-electron chi connectivity index (χ0n) is 11.7. The number of benzene rings is 1. The second-order valence-electron chi connectivity index (χ2n) is 4.60. The van der Waals surface area contributed by atoms with Crippen molar-refractivity contribution in [2.75, 3.05) is 0 Å². The van der Waals surface area contributed by atoms with Crippen molar-refractivity contribution in [2.45, 2.75) is 13.5 Å². The summed E-state index contributed by atoms with van der Waals surface area (Å²) in [7, 11) is 1.39. The zero-order valence-corrected chi connectivity index (χ0v) is 14.0. The van der Waals surface area contributed by atoms with Gasteiger partial charge < -0.3 is 9.15 Å². The molecule has 0 aliphatic carbocycles. The first kappa shape index (κ1) is 16.1. The molecule has 0 fully saturated rings. The van der Waals surface area contributed by atoms with Gasteiger partial charge in [-0.3, -0.25) is 0 Å². The van der Waals surface area contributed by atoms with E-state index >= 15 is 0 Å². The molecule has 0 bridgehead atoms. The molecule has 0 amide bonds. The van der Waals surface area contributed by atoms with Crippen LogP contribution in [0.5, 0.6) is 5.88 Å². The molecule has 0 aliphatic heterocycles. The number of hydrogen-bond donors (Lipinski definition) is 0. The van der Waals surface area contributed by atoms with E-state index in [1.54, 1.807) is 6.92 Å². The van der Waals surface area contributed by atoms with Gasteiger partial charge in [-0.05, 0) is 22.0 Å². The second-order valence-corrected chi connectivity index (χ2v) is 5.80. The van der Waals surface area contributed by atoms with Gasteiger partial charge in [0, 0.05) is 14.0 Å². The number of aryl methyl sites for hydroxylation is 2. The average molecular weight is 411 g/mol. The summed E-state index contributed by atoms with van der Waals surface area (Å²) in [5, 5.41) is 4.08. The summed E-state index contributed by atoms with van der Waals surface area (Å²) in [5.74, 6) is -0.666. The van der Waals surface area contributed by atoms with Crippen molar-refractivity contribution in [3.63, 3.8) is 0 Å². The van der Waals surface area contributed by atoms with Crippen LogP contribution in [0.2, 0.25) is 5.02 Å². The van der Waals surface area contributed by atoms with Gasteiger partial charge in [0.05, 0.1) is 10.6 Å². The first-order valence-electron chi connectivity index (χ1n) is 6.22. The fourth-order valence-corrected chi connectivity index (χ4v) is 3.05. The van der Waals surface area contributed by atoms with Crippen molar-refractivity contribution in [2.24, 2.45) is 7.05 Å². The minimum Gasteiger partial charge on any atom is -0.439 e. The fraction of sp³-hybridized carbons (Fsp3) is 0.231. The van der Waals surface area contributed by atoms with Crippen LogP contribution in [-0.4, -0.2) is 21.4 Å². The van der Waals surface area contributed by atoms with Crippen LogP contribution in [0, 0.1) is 12.7 Å². The predicted molar refractivity (Wildman–Crippen MR) is 80.2 cm³/mol. The van der Waals surface area contributed by atoms with Crippen LogP contribution in [0.1, 0.15) is 5.89 Å². The van der Waals surface area contributed by atoms with E-state index in [0.717, 1.165) is 10.7 Å². The molecule has 2 aromatic heterocycles. The molecule has 0 atom stereocenters. The summed E-state index contributed by atoms with van der Waals surface area (Å²) in [5.41, 5.74) is 0.368. The van der Waals surface area contributed by atoms with E-state index in [9.17, 15) is 13.2 Å². The zero-order chi connectivity index (χ0) is 16.9. The first-order valence-corrected chi connectivity index (χ1v) is 7.39. The molecule has 0 aliphatic rings. The Bertz CT molecular complexity index is 910. The summed E-state index contributed by atoms with van der Waals surface area (Å²) >= 11 is 9.06. The van der Waals surface area contributed by atoms with Gasteiger partial charge >= 0.3 is 6.61 Å². The van der Waals surface area contributed by atoms with Crippen LogP contribution >= 0.6 is 27.5 Å². The van der Waals surface area contributed by atoms with Gasteiger partial charge in [-0.2, -0.15) is 13.9 Å². The molecule has 10 heteroatoms. The Morgan fingerprint density at radius 1 is 1.43 bits per heavy atom. The Morgan fingerprint density at radius 2 is 2.13 bits per heavy atom. The third kappa shape index (κ3) is 2.67. The monoisotopic (exact) mass is 409 g/mol. The van der Waals surface area contributed by atoms with Crippen molar-refractivity contribution in [3.05, 3.63) is 27.3 Å². The molecule has 0 saturated heterocycles. The fourth-order valence-electron chi connectivity index (χ4n) is 2.20. The predicted octanol–water partition coefficient (Wildman–Crippen LogP) is 4.69. The highest BCUT2D eigenvalue weighted by molar-refractivity contribution is 9.10. The van der Waals surface area contributed by atoms with E-state index in [1.807, 2.05) is 0 Å². The van der Waals surface area contributed by atoms with Gasteiger partial charge in [-0.15, -0.1) is 0 Å². The lowest BCUT2D eigenvalue weighted by Crippen LogP contribution is -2.06. The van der Waals surface area contributed by atoms with Crippen molar-refractivity contribution >= 4 is 38.6 Å². The van der Waals surface area contributed by atoms with Crippen LogP contribution in [0.4, 0.5) is 13.2 Å². The molecule has 0 N–H and O–H groups in total. The molecule has 3 aromatic rings. The van der Waals surface area contributed by atoms with Crippen LogP contribution in [0.25, 0.3) is 22.4 Å². The van der Waals surface area contributed by atoms with E-state index in [0.29, 0.717) is 0 Å². The van der Waals surface area contributed by atoms with Gasteiger partial charge in [0.25, 0.3) is 0 Å². The number of halogens is 5. The van der Waals surface area contributed by atoms with E-state index < -0.39 is 12.4 Å². The quantitative estimate of drug-likeness (QED) is 0.628. The molecule has 122 valence electrons. The minimum absolute atomic E-state index is 0.0205. The van der Waals surface area contributed by atoms with E-state index in [1.165, 1.54) is 7.05 Å². The minimum atomic E-state index is -3.04. The molecular weight excluding hydrogens is 403 g/mol. The van der Waals surface area contributed by atoms with Gasteiger partial charge in [-0.1, -0.05) is 11.6 Å². The Kier molecular flexibility index (Phi) is 4.01. The Balaban J connectivity index is 2.29. The number of oxazole rings is 1. The highest BCUT2D eigenvalue weighted by Crippen LogP contribution is 2.41. The molecule has 23 heavy (non-hydrogen) atoms. The number of rotatable bonds is 3. The van der Waals surface area contributed by atoms with Gasteiger partial charge in [0.15, 0.2) is 11.5 Å². The molecule has 0 spiro atoms. The summed E-state index contributed by atoms with van der Waals surface area (Å²) < 4.78 is 50.3. The Morgan fingerprint density at radius 3 is 2.78 bits per heavy atom. The third-order valence-electron chi connectivity index (χ3n) is 3.06. The maximum Gasteiger partial charge on any atom is 0.388 e. The van der Waals surface area contributed by atoms with Crippen molar-refractivity contribution in [1.29, 1.82) is 0 Å². The number of hydrogen-bond acceptors (Lipinski definition) is 4. The number of aromatic nitrogens is 3. The maximum absolute atomic E-state index is 14.4. The van der Waals surface area contributed by atoms with Crippen LogP contribution < -0.4 is 4.74 Å². The molecule has 3 rings (SSSR count). The van der Waals surface area contributed by atoms with Crippen LogP contribution in [0.15, 0.2) is 15.0 Å². The van der Waals surface area contributed by atoms with Crippen LogP contribution in [0.3, 0.4) is 0 Å². The summed E-state index contributed by atoms with van der Waals surface area (Å²) in [6, 6.07) is 1.05. The van der Waals surface area contributed by atoms with Crippen molar-refractivity contribution in [1.82, 2.24) is 14.8 Å². The Labute approximate surface area is 141 Å². The second kappa shape index (κ2) is 5.72. The highest BCUT2D eigenvalue weighted by atomic mass is 79.9. The van der Waals surface area contributed by atoms with E-state index in [-0.39, 0.29) is 43.6 Å². The summed E-state index contributed by atoms with van der Waals surface area (Å²) in [6.07, 6.45) is 0. The highest BCUT2D eigenvalue weighted by Gasteiger charge is 2.26. The largest absolute Gasteiger partial charge is 0.439 e. The molecule has 5 nitrogen and oxygen atoms in total. The lowest BCUT2D eigenvalue weighted by Gasteiger charge is -2.04. The normalized spacial score (nSPS) is 11.7. The summed E-state index contributed by atoms with van der Waals surface area (Å²) in [4.78, 5) is 4.10. The van der Waals surface area contributed by atoms with Crippen molar-refractivity contribution in [3.8, 4) is 17.1 Å². The maximum atomic E-state index is 14.4. The molecule has 2 heterocycles. The number of nitrogens with zero attached hydrogens (tertiary/aromatic N) is 3. The molecule has 1 aromatic carbocycles. The van der Waals surface area contributed by atoms with E-state index in [4.69, 9.17) is 16.0 Å². The molecule has 0 saturated carbocycles. The SMILES string of the molecule is Cc1nc2c(-c3nn(C)c(OC(F)F)c3Br)c(F)cc(Cl)c2o1. The third-order valence-corrected chi connectivity index (χ3v) is 4.05. The molecule has 0 unspecified atom stereocenters. The van der Waals surface area contributed by atoms with Crippen LogP contribution in [-0.2, 0) is 7.05 Å². The van der Waals surface area contributed by atoms with Gasteiger partial charge in [0.2, 0.25) is 5.88 Å². The van der Waals surface area contributed by atoms with Gasteiger partial charge in [-0.25, -0.2) is 14.1 Å². The van der Waals surface area contributed by atoms with Gasteiger partial charge in [0.1, 0.15) is 21.5 Å². The first-order chi connectivity index (χ1) is 10.8. The topological polar surface area (TPSA) is 53.1 Å². The smallest absolute Gasteiger partial charge is 0.388 e. The average Bonchev–Trinajstić information content (AvgIpc) is 2.95. The molecule has 0 radical (unpaired) electrons. The Hall–Kier alpha value is -1.74. The lowest BCUT2D eigenvalue weighted by molar-refractivity contribution is -0.0558. The lowest BCUT2D eigenvalue weighted by atomic mass is 10.1. The van der Waals surface area contributed by atoms with Crippen molar-refractivity contribution < 1.29 is 22.3 Å². The van der Waals surface area contributed by atoms with E-state index in [2.05, 4.69) is 30.7 Å². The number of alkyl halides is 2. The standard InChI is InChI=1S/C13H8BrClF3N3O2/c1-4-19-10-7(6(16)3-5(15)11(10)22-4)9-8(14)12(21(2)20-9)23-13(17)18/h3,13H,1-2H3. The number of ether oxygens (including phenoxy) is 1. The number of fused-ring (bicyclic) bond motifs is 1. The molecular formula is C13H8BrClF3N3O2. The summed E-state index contributed by atoms with van der Waals surface area (Å²) in [6.45, 7) is -1.46.